The fourth-order valence-electron chi connectivity index (χ4n) is 3.10. The van der Waals surface area contributed by atoms with Crippen molar-refractivity contribution < 1.29 is 34.5 Å². The normalized spacial score (nSPS) is 12.6. The Labute approximate surface area is 153 Å². The highest BCUT2D eigenvalue weighted by molar-refractivity contribution is 6.28. The van der Waals surface area contributed by atoms with Crippen LogP contribution in [0.15, 0.2) is 36.4 Å². The summed E-state index contributed by atoms with van der Waals surface area (Å²) in [6.07, 6.45) is 0. The largest absolute Gasteiger partial charge is 0.508 e. The van der Waals surface area contributed by atoms with Gasteiger partial charge < -0.3 is 15.3 Å². The van der Waals surface area contributed by atoms with Crippen molar-refractivity contribution in [1.29, 1.82) is 0 Å². The topological polar surface area (TPSA) is 132 Å². The number of carboxylic acids is 2. The molecule has 138 valence electrons. The molecule has 2 aromatic carbocycles. The van der Waals surface area contributed by atoms with Crippen LogP contribution in [0.1, 0.15) is 37.4 Å². The van der Waals surface area contributed by atoms with Gasteiger partial charge in [0.05, 0.1) is 13.1 Å². The molecule has 1 aliphatic rings. The Bertz CT molecular complexity index is 964. The molecule has 0 unspecified atom stereocenters. The molecule has 0 heterocycles. The highest BCUT2D eigenvalue weighted by Crippen LogP contribution is 2.32. The van der Waals surface area contributed by atoms with E-state index in [1.807, 2.05) is 0 Å². The molecule has 8 nitrogen and oxygen atoms in total. The van der Waals surface area contributed by atoms with Crippen molar-refractivity contribution in [3.63, 3.8) is 0 Å². The number of carbonyl (C=O) groups is 4. The predicted octanol–water partition coefficient (Wildman–Crippen LogP) is 1.14. The lowest BCUT2D eigenvalue weighted by atomic mass is 9.83. The SMILES string of the molecule is O=C(O)CN(CC(=O)O)Cc1cc2c(cc1O)C(=O)c1ccccc1C2=O. The number of fused-ring (bicyclic) bond motifs is 2. The Morgan fingerprint density at radius 1 is 0.815 bits per heavy atom. The van der Waals surface area contributed by atoms with Crippen molar-refractivity contribution in [2.24, 2.45) is 0 Å². The summed E-state index contributed by atoms with van der Waals surface area (Å²) in [5, 5.41) is 28.1. The lowest BCUT2D eigenvalue weighted by Crippen LogP contribution is -2.34. The average molecular weight is 369 g/mol. The van der Waals surface area contributed by atoms with Gasteiger partial charge in [0.25, 0.3) is 0 Å². The molecule has 0 radical (unpaired) electrons. The number of carbonyl (C=O) groups excluding carboxylic acids is 2. The fourth-order valence-corrected chi connectivity index (χ4v) is 3.10. The van der Waals surface area contributed by atoms with Crippen molar-refractivity contribution in [3.05, 3.63) is 64.2 Å². The zero-order chi connectivity index (χ0) is 19.7. The quantitative estimate of drug-likeness (QED) is 0.589. The zero-order valence-electron chi connectivity index (χ0n) is 14.0. The second kappa shape index (κ2) is 7.00. The first-order valence-electron chi connectivity index (χ1n) is 7.98. The molecule has 0 amide bonds. The Hall–Kier alpha value is -3.52. The Kier molecular flexibility index (Phi) is 4.74. The summed E-state index contributed by atoms with van der Waals surface area (Å²) >= 11 is 0. The molecule has 0 aliphatic heterocycles. The molecule has 0 atom stereocenters. The van der Waals surface area contributed by atoms with Crippen LogP contribution in [0.4, 0.5) is 0 Å². The number of nitrogens with zero attached hydrogens (tertiary/aromatic N) is 1. The Morgan fingerprint density at radius 3 is 1.78 bits per heavy atom. The smallest absolute Gasteiger partial charge is 0.317 e. The number of aromatic hydroxyl groups is 1. The molecule has 3 rings (SSSR count). The maximum Gasteiger partial charge on any atom is 0.317 e. The van der Waals surface area contributed by atoms with Gasteiger partial charge in [0.15, 0.2) is 11.6 Å². The number of phenols is 1. The minimum atomic E-state index is -1.23. The van der Waals surface area contributed by atoms with E-state index in [4.69, 9.17) is 10.2 Å². The van der Waals surface area contributed by atoms with Gasteiger partial charge in [0, 0.05) is 34.4 Å². The molecule has 2 aromatic rings. The summed E-state index contributed by atoms with van der Waals surface area (Å²) in [5.74, 6) is -3.54. The summed E-state index contributed by atoms with van der Waals surface area (Å²) in [4.78, 5) is 48.3. The average Bonchev–Trinajstić information content (AvgIpc) is 2.60. The highest BCUT2D eigenvalue weighted by atomic mass is 16.4. The van der Waals surface area contributed by atoms with Gasteiger partial charge in [-0.05, 0) is 12.1 Å². The van der Waals surface area contributed by atoms with Crippen LogP contribution < -0.4 is 0 Å². The molecular weight excluding hydrogens is 354 g/mol. The number of hydrogen-bond acceptors (Lipinski definition) is 6. The Morgan fingerprint density at radius 2 is 1.30 bits per heavy atom. The van der Waals surface area contributed by atoms with Gasteiger partial charge in [0.1, 0.15) is 5.75 Å². The van der Waals surface area contributed by atoms with Gasteiger partial charge in [-0.1, -0.05) is 24.3 Å². The third-order valence-corrected chi connectivity index (χ3v) is 4.24. The van der Waals surface area contributed by atoms with Crippen LogP contribution in [-0.2, 0) is 16.1 Å². The lowest BCUT2D eigenvalue weighted by Gasteiger charge is -2.22. The van der Waals surface area contributed by atoms with E-state index in [-0.39, 0.29) is 45.9 Å². The van der Waals surface area contributed by atoms with Crippen molar-refractivity contribution in [2.45, 2.75) is 6.54 Å². The minimum absolute atomic E-state index is 0.0583. The minimum Gasteiger partial charge on any atom is -0.508 e. The standard InChI is InChI=1S/C19H15NO7/c21-15-6-14-13(18(26)11-3-1-2-4-12(11)19(14)27)5-10(15)7-20(8-16(22)23)9-17(24)25/h1-6,21H,7-9H2,(H,22,23)(H,24,25). The van der Waals surface area contributed by atoms with Crippen LogP contribution in [0.5, 0.6) is 5.75 Å². The van der Waals surface area contributed by atoms with Crippen LogP contribution in [0, 0.1) is 0 Å². The molecule has 3 N–H and O–H groups in total. The second-order valence-corrected chi connectivity index (χ2v) is 6.16. The van der Waals surface area contributed by atoms with Gasteiger partial charge in [-0.15, -0.1) is 0 Å². The maximum absolute atomic E-state index is 12.7. The van der Waals surface area contributed by atoms with E-state index in [1.165, 1.54) is 24.3 Å². The maximum atomic E-state index is 12.7. The van der Waals surface area contributed by atoms with Crippen molar-refractivity contribution in [1.82, 2.24) is 4.90 Å². The van der Waals surface area contributed by atoms with Crippen LogP contribution in [0.25, 0.3) is 0 Å². The first kappa shape index (κ1) is 18.3. The molecule has 0 spiro atoms. The van der Waals surface area contributed by atoms with E-state index in [1.54, 1.807) is 12.1 Å². The fraction of sp³-hybridized carbons (Fsp3) is 0.158. The molecule has 0 saturated heterocycles. The summed E-state index contributed by atoms with van der Waals surface area (Å²) in [6.45, 7) is -1.32. The van der Waals surface area contributed by atoms with Crippen LogP contribution in [0.2, 0.25) is 0 Å². The molecular formula is C19H15NO7. The van der Waals surface area contributed by atoms with Gasteiger partial charge in [0.2, 0.25) is 0 Å². The number of rotatable bonds is 6. The third kappa shape index (κ3) is 3.56. The number of ketones is 2. The number of hydrogen-bond donors (Lipinski definition) is 3. The number of carboxylic acid groups (broad SMARTS) is 2. The second-order valence-electron chi connectivity index (χ2n) is 6.16. The molecule has 0 bridgehead atoms. The van der Waals surface area contributed by atoms with Crippen LogP contribution >= 0.6 is 0 Å². The van der Waals surface area contributed by atoms with E-state index in [0.29, 0.717) is 0 Å². The summed E-state index contributed by atoms with van der Waals surface area (Å²) in [6, 6.07) is 8.83. The van der Waals surface area contributed by atoms with E-state index < -0.39 is 30.8 Å². The van der Waals surface area contributed by atoms with Crippen molar-refractivity contribution in [3.8, 4) is 5.75 Å². The monoisotopic (exact) mass is 369 g/mol. The molecule has 0 fully saturated rings. The number of aliphatic carboxylic acids is 2. The number of phenolic OH excluding ortho intramolecular Hbond substituents is 1. The predicted molar refractivity (Wildman–Crippen MR) is 92.0 cm³/mol. The van der Waals surface area contributed by atoms with Gasteiger partial charge in [-0.25, -0.2) is 0 Å². The van der Waals surface area contributed by atoms with Crippen molar-refractivity contribution in [2.75, 3.05) is 13.1 Å². The summed E-state index contributed by atoms with van der Waals surface area (Å²) in [5.41, 5.74) is 0.817. The lowest BCUT2D eigenvalue weighted by molar-refractivity contribution is -0.142. The third-order valence-electron chi connectivity index (χ3n) is 4.24. The molecule has 8 heteroatoms. The van der Waals surface area contributed by atoms with Gasteiger partial charge in [-0.2, -0.15) is 0 Å². The Balaban J connectivity index is 2.00. The zero-order valence-corrected chi connectivity index (χ0v) is 14.0. The van der Waals surface area contributed by atoms with E-state index in [0.717, 1.165) is 4.90 Å². The van der Waals surface area contributed by atoms with E-state index >= 15 is 0 Å². The first-order chi connectivity index (χ1) is 12.8. The summed E-state index contributed by atoms with van der Waals surface area (Å²) < 4.78 is 0. The van der Waals surface area contributed by atoms with Gasteiger partial charge in [-0.3, -0.25) is 24.1 Å². The van der Waals surface area contributed by atoms with E-state index in [2.05, 4.69) is 0 Å². The number of benzene rings is 2. The molecule has 1 aliphatic carbocycles. The van der Waals surface area contributed by atoms with Crippen LogP contribution in [-0.4, -0.2) is 56.8 Å². The first-order valence-corrected chi connectivity index (χ1v) is 7.98. The molecule has 27 heavy (non-hydrogen) atoms. The van der Waals surface area contributed by atoms with Crippen molar-refractivity contribution >= 4 is 23.5 Å². The van der Waals surface area contributed by atoms with Gasteiger partial charge >= 0.3 is 11.9 Å². The summed E-state index contributed by atoms with van der Waals surface area (Å²) in [7, 11) is 0. The van der Waals surface area contributed by atoms with E-state index in [9.17, 15) is 24.3 Å². The highest BCUT2D eigenvalue weighted by Gasteiger charge is 2.31. The molecule has 0 saturated carbocycles. The molecule has 0 aromatic heterocycles. The van der Waals surface area contributed by atoms with Crippen LogP contribution in [0.3, 0.4) is 0 Å².